The summed E-state index contributed by atoms with van der Waals surface area (Å²) in [6.45, 7) is 2.03. The number of aliphatic carboxylic acids is 1. The molecule has 0 radical (unpaired) electrons. The Morgan fingerprint density at radius 2 is 1.84 bits per heavy atom. The molecule has 0 aliphatic heterocycles. The number of hydrogen-bond acceptors (Lipinski definition) is 7. The van der Waals surface area contributed by atoms with Crippen LogP contribution in [0.4, 0.5) is 5.82 Å². The summed E-state index contributed by atoms with van der Waals surface area (Å²) < 4.78 is 7.90. The van der Waals surface area contributed by atoms with Crippen LogP contribution in [0, 0.1) is 12.8 Å². The van der Waals surface area contributed by atoms with Crippen LogP contribution in [0.25, 0.3) is 33.2 Å². The molecule has 186 valence electrons. The molecule has 3 heterocycles. The fourth-order valence-electron chi connectivity index (χ4n) is 5.20. The number of aryl methyl sites for hydroxylation is 1. The number of ether oxygens (including phenoxy) is 1. The summed E-state index contributed by atoms with van der Waals surface area (Å²) in [6.07, 6.45) is 4.10. The number of nitrogens with zero attached hydrogens (tertiary/aromatic N) is 5. The summed E-state index contributed by atoms with van der Waals surface area (Å²) >= 11 is 0. The second-order valence-electron chi connectivity index (χ2n) is 9.52. The minimum Gasteiger partial charge on any atom is -0.481 e. The molecule has 1 saturated carbocycles. The molecule has 5 aromatic rings. The van der Waals surface area contributed by atoms with Crippen LogP contribution in [0.5, 0.6) is 11.6 Å². The van der Waals surface area contributed by atoms with Crippen LogP contribution in [0.3, 0.4) is 0 Å². The molecule has 1 aliphatic rings. The van der Waals surface area contributed by atoms with Crippen molar-refractivity contribution in [1.29, 1.82) is 0 Å². The first kappa shape index (κ1) is 22.9. The third-order valence-electron chi connectivity index (χ3n) is 7.14. The molecule has 2 aromatic carbocycles. The van der Waals surface area contributed by atoms with E-state index in [1.54, 1.807) is 0 Å². The normalized spacial score (nSPS) is 17.8. The summed E-state index contributed by atoms with van der Waals surface area (Å²) in [5, 5.41) is 16.1. The first-order valence-corrected chi connectivity index (χ1v) is 12.3. The zero-order chi connectivity index (χ0) is 25.5. The maximum absolute atomic E-state index is 11.4. The van der Waals surface area contributed by atoms with Gasteiger partial charge in [-0.05, 0) is 56.4 Å². The summed E-state index contributed by atoms with van der Waals surface area (Å²) in [5.74, 6) is 0.555. The number of anilines is 1. The van der Waals surface area contributed by atoms with Gasteiger partial charge in [0.25, 0.3) is 0 Å². The molecule has 6 rings (SSSR count). The Morgan fingerprint density at radius 1 is 1.05 bits per heavy atom. The maximum Gasteiger partial charge on any atom is 0.306 e. The number of nitrogens with two attached hydrogens (primary N) is 1. The lowest BCUT2D eigenvalue weighted by Gasteiger charge is -2.26. The number of hydrogen-bond donors (Lipinski definition) is 2. The van der Waals surface area contributed by atoms with E-state index in [1.807, 2.05) is 66.2 Å². The van der Waals surface area contributed by atoms with Gasteiger partial charge in [-0.3, -0.25) is 4.79 Å². The summed E-state index contributed by atoms with van der Waals surface area (Å²) in [7, 11) is 0. The van der Waals surface area contributed by atoms with Crippen molar-refractivity contribution in [2.24, 2.45) is 5.92 Å². The number of para-hydroxylation sites is 1. The molecule has 0 atom stereocenters. The molecule has 0 spiro atoms. The van der Waals surface area contributed by atoms with Crippen molar-refractivity contribution in [3.8, 4) is 22.9 Å². The number of pyridine rings is 1. The van der Waals surface area contributed by atoms with E-state index in [2.05, 4.69) is 9.97 Å². The summed E-state index contributed by atoms with van der Waals surface area (Å²) in [6, 6.07) is 17.6. The first-order valence-electron chi connectivity index (χ1n) is 12.3. The molecule has 3 N–H and O–H groups in total. The van der Waals surface area contributed by atoms with Gasteiger partial charge in [-0.25, -0.2) is 19.6 Å². The highest BCUT2D eigenvalue weighted by Crippen LogP contribution is 2.38. The number of aromatic nitrogens is 5. The van der Waals surface area contributed by atoms with E-state index in [0.717, 1.165) is 40.6 Å². The van der Waals surface area contributed by atoms with Gasteiger partial charge in [0.05, 0.1) is 22.9 Å². The van der Waals surface area contributed by atoms with Crippen LogP contribution >= 0.6 is 0 Å². The largest absolute Gasteiger partial charge is 0.481 e. The van der Waals surface area contributed by atoms with E-state index >= 15 is 0 Å². The van der Waals surface area contributed by atoms with Crippen LogP contribution in [-0.4, -0.2) is 35.8 Å². The smallest absolute Gasteiger partial charge is 0.306 e. The number of fused-ring (bicyclic) bond motifs is 2. The fraction of sp³-hybridized carbons (Fsp3) is 0.250. The number of rotatable bonds is 5. The second kappa shape index (κ2) is 9.16. The van der Waals surface area contributed by atoms with Gasteiger partial charge >= 0.3 is 5.97 Å². The number of carboxylic acids is 1. The minimum atomic E-state index is -0.731. The number of benzene rings is 2. The Hall–Kier alpha value is -4.53. The predicted octanol–water partition coefficient (Wildman–Crippen LogP) is 5.54. The monoisotopic (exact) mass is 494 g/mol. The highest BCUT2D eigenvalue weighted by Gasteiger charge is 2.29. The molecular formula is C28H26N6O3. The van der Waals surface area contributed by atoms with E-state index in [4.69, 9.17) is 20.6 Å². The number of nitrogen functional groups attached to an aromatic ring is 1. The molecule has 0 amide bonds. The number of carboxylic acid groups (broad SMARTS) is 1. The van der Waals surface area contributed by atoms with Crippen LogP contribution in [0.1, 0.15) is 37.3 Å². The average molecular weight is 495 g/mol. The van der Waals surface area contributed by atoms with Crippen LogP contribution < -0.4 is 10.5 Å². The van der Waals surface area contributed by atoms with Crippen molar-refractivity contribution >= 4 is 33.7 Å². The Morgan fingerprint density at radius 3 is 2.59 bits per heavy atom. The van der Waals surface area contributed by atoms with Gasteiger partial charge in [0.1, 0.15) is 23.6 Å². The van der Waals surface area contributed by atoms with E-state index < -0.39 is 5.97 Å². The molecule has 0 unspecified atom stereocenters. The van der Waals surface area contributed by atoms with Crippen molar-refractivity contribution in [2.75, 3.05) is 5.73 Å². The maximum atomic E-state index is 11.4. The van der Waals surface area contributed by atoms with E-state index in [9.17, 15) is 9.90 Å². The molecule has 9 heteroatoms. The Balaban J connectivity index is 1.42. The van der Waals surface area contributed by atoms with Gasteiger partial charge < -0.3 is 15.6 Å². The van der Waals surface area contributed by atoms with Crippen LogP contribution in [0.2, 0.25) is 0 Å². The molecular weight excluding hydrogens is 468 g/mol. The molecule has 0 bridgehead atoms. The third-order valence-corrected chi connectivity index (χ3v) is 7.14. The molecule has 3 aromatic heterocycles. The van der Waals surface area contributed by atoms with Crippen LogP contribution in [0.15, 0.2) is 60.9 Å². The van der Waals surface area contributed by atoms with E-state index in [-0.39, 0.29) is 12.0 Å². The molecule has 37 heavy (non-hydrogen) atoms. The van der Waals surface area contributed by atoms with Crippen molar-refractivity contribution in [3.63, 3.8) is 0 Å². The first-order chi connectivity index (χ1) is 18.0. The van der Waals surface area contributed by atoms with E-state index in [1.165, 1.54) is 6.33 Å². The summed E-state index contributed by atoms with van der Waals surface area (Å²) in [4.78, 5) is 24.9. The minimum absolute atomic E-state index is 0.0489. The Labute approximate surface area is 212 Å². The zero-order valence-corrected chi connectivity index (χ0v) is 20.3. The van der Waals surface area contributed by atoms with Gasteiger partial charge in [-0.1, -0.05) is 30.3 Å². The lowest BCUT2D eigenvalue weighted by molar-refractivity contribution is -0.143. The standard InChI is InChI=1S/C28H26N6O3/c1-16-13-23(37-20-5-3-2-4-6-20)32-22-14-18(9-12-21(16)22)25-24-26(29)30-15-31-27(24)34(33-25)19-10-7-17(8-11-19)28(35)36/h2-6,9,12-15,17,19H,7-8,10-11H2,1H3,(H,35,36)(H2,29,30,31). The SMILES string of the molecule is Cc1cc(Oc2ccccc2)nc2cc(-c3nn(C4CCC(C(=O)O)CC4)c4ncnc(N)c34)ccc12. The summed E-state index contributed by atoms with van der Waals surface area (Å²) in [5.41, 5.74) is 10.4. The van der Waals surface area contributed by atoms with Gasteiger partial charge in [-0.15, -0.1) is 0 Å². The van der Waals surface area contributed by atoms with Gasteiger partial charge in [0.15, 0.2) is 5.65 Å². The Bertz CT molecular complexity index is 1620. The topological polar surface area (TPSA) is 129 Å². The van der Waals surface area contributed by atoms with Gasteiger partial charge in [-0.2, -0.15) is 5.10 Å². The van der Waals surface area contributed by atoms with Gasteiger partial charge in [0, 0.05) is 17.0 Å². The number of carbonyl (C=O) groups is 1. The van der Waals surface area contributed by atoms with Crippen LogP contribution in [-0.2, 0) is 4.79 Å². The second-order valence-corrected chi connectivity index (χ2v) is 9.52. The zero-order valence-electron chi connectivity index (χ0n) is 20.3. The molecule has 9 nitrogen and oxygen atoms in total. The molecule has 0 saturated heterocycles. The molecule has 1 fully saturated rings. The lowest BCUT2D eigenvalue weighted by Crippen LogP contribution is -2.24. The quantitative estimate of drug-likeness (QED) is 0.326. The van der Waals surface area contributed by atoms with Crippen molar-refractivity contribution in [2.45, 2.75) is 38.6 Å². The molecule has 1 aliphatic carbocycles. The predicted molar refractivity (Wildman–Crippen MR) is 140 cm³/mol. The lowest BCUT2D eigenvalue weighted by atomic mass is 9.86. The fourth-order valence-corrected chi connectivity index (χ4v) is 5.20. The van der Waals surface area contributed by atoms with E-state index in [0.29, 0.717) is 41.3 Å². The van der Waals surface area contributed by atoms with Gasteiger partial charge in [0.2, 0.25) is 5.88 Å². The Kier molecular flexibility index (Phi) is 5.67. The average Bonchev–Trinajstić information content (AvgIpc) is 3.30. The highest BCUT2D eigenvalue weighted by atomic mass is 16.5. The van der Waals surface area contributed by atoms with Crippen molar-refractivity contribution in [3.05, 3.63) is 66.5 Å². The third kappa shape index (κ3) is 4.22. The highest BCUT2D eigenvalue weighted by molar-refractivity contribution is 6.00. The van der Waals surface area contributed by atoms with Crippen molar-refractivity contribution in [1.82, 2.24) is 24.7 Å². The van der Waals surface area contributed by atoms with Crippen molar-refractivity contribution < 1.29 is 14.6 Å².